The lowest BCUT2D eigenvalue weighted by Gasteiger charge is -2.29. The molecule has 2 unspecified atom stereocenters. The fourth-order valence-electron chi connectivity index (χ4n) is 4.69. The van der Waals surface area contributed by atoms with Crippen LogP contribution in [0.5, 0.6) is 11.5 Å². The van der Waals surface area contributed by atoms with Crippen molar-refractivity contribution in [3.8, 4) is 11.5 Å². The first kappa shape index (κ1) is 25.2. The Bertz CT molecular complexity index is 1620. The first-order chi connectivity index (χ1) is 17.8. The van der Waals surface area contributed by atoms with Gasteiger partial charge in [0.15, 0.2) is 0 Å². The molecule has 0 fully saturated rings. The van der Waals surface area contributed by atoms with Crippen molar-refractivity contribution in [2.75, 3.05) is 18.5 Å². The van der Waals surface area contributed by atoms with Gasteiger partial charge in [-0.25, -0.2) is 12.7 Å². The normalized spacial score (nSPS) is 16.9. The molecule has 0 amide bonds. The van der Waals surface area contributed by atoms with Crippen molar-refractivity contribution in [2.45, 2.75) is 17.0 Å². The zero-order valence-corrected chi connectivity index (χ0v) is 22.2. The van der Waals surface area contributed by atoms with Gasteiger partial charge in [-0.05, 0) is 53.6 Å². The summed E-state index contributed by atoms with van der Waals surface area (Å²) in [5.74, 6) is 0.717. The monoisotopic (exact) mass is 556 g/mol. The van der Waals surface area contributed by atoms with E-state index in [9.17, 15) is 13.2 Å². The number of aromatic nitrogens is 1. The number of benzene rings is 3. The minimum atomic E-state index is -4.29. The molecule has 0 saturated carbocycles. The van der Waals surface area contributed by atoms with Crippen LogP contribution < -0.4 is 19.3 Å². The molecule has 1 aliphatic heterocycles. The number of rotatable bonds is 6. The number of halogens is 2. The minimum absolute atomic E-state index is 0.0899. The second kappa shape index (κ2) is 9.78. The van der Waals surface area contributed by atoms with Crippen LogP contribution in [0.1, 0.15) is 23.2 Å². The largest absolute Gasteiger partial charge is 0.497 e. The Balaban J connectivity index is 1.83. The molecule has 2 heterocycles. The van der Waals surface area contributed by atoms with Crippen LogP contribution in [0.15, 0.2) is 94.6 Å². The molecule has 3 aromatic carbocycles. The van der Waals surface area contributed by atoms with E-state index in [0.717, 1.165) is 0 Å². The first-order valence-electron chi connectivity index (χ1n) is 11.2. The number of hydrogen-bond acceptors (Lipinski definition) is 5. The molecule has 10 heteroatoms. The Morgan fingerprint density at radius 2 is 1.35 bits per heavy atom. The lowest BCUT2D eigenvalue weighted by molar-refractivity contribution is 0.392. The highest BCUT2D eigenvalue weighted by Gasteiger charge is 2.47. The molecular weight excluding hydrogens is 535 g/mol. The minimum Gasteiger partial charge on any atom is -0.497 e. The highest BCUT2D eigenvalue weighted by atomic mass is 35.5. The summed E-state index contributed by atoms with van der Waals surface area (Å²) in [6.07, 6.45) is 0. The molecule has 4 aromatic rings. The van der Waals surface area contributed by atoms with Crippen molar-refractivity contribution in [1.29, 1.82) is 0 Å². The van der Waals surface area contributed by atoms with Crippen LogP contribution >= 0.6 is 23.2 Å². The van der Waals surface area contributed by atoms with Crippen molar-refractivity contribution >= 4 is 39.0 Å². The first-order valence-corrected chi connectivity index (χ1v) is 13.4. The van der Waals surface area contributed by atoms with Crippen LogP contribution in [0, 0.1) is 0 Å². The van der Waals surface area contributed by atoms with Gasteiger partial charge in [0.2, 0.25) is 0 Å². The van der Waals surface area contributed by atoms with Crippen molar-refractivity contribution in [3.05, 3.63) is 116 Å². The van der Waals surface area contributed by atoms with Crippen LogP contribution in [0.25, 0.3) is 0 Å². The van der Waals surface area contributed by atoms with Crippen molar-refractivity contribution in [2.24, 2.45) is 0 Å². The predicted octanol–water partition coefficient (Wildman–Crippen LogP) is 5.71. The van der Waals surface area contributed by atoms with Crippen LogP contribution in [-0.2, 0) is 10.0 Å². The molecule has 0 N–H and O–H groups in total. The maximum atomic E-state index is 14.5. The Morgan fingerprint density at radius 3 is 1.92 bits per heavy atom. The molecule has 2 atom stereocenters. The molecule has 0 spiro atoms. The van der Waals surface area contributed by atoms with Gasteiger partial charge in [0.05, 0.1) is 26.3 Å². The van der Waals surface area contributed by atoms with Crippen LogP contribution in [-0.4, -0.2) is 27.2 Å². The van der Waals surface area contributed by atoms with E-state index in [0.29, 0.717) is 26.9 Å². The van der Waals surface area contributed by atoms with E-state index in [4.69, 9.17) is 32.7 Å². The van der Waals surface area contributed by atoms with Gasteiger partial charge in [-0.1, -0.05) is 53.5 Å². The third-order valence-corrected chi connectivity index (χ3v) is 8.67. The molecule has 7 nitrogen and oxygen atoms in total. The third kappa shape index (κ3) is 4.35. The summed E-state index contributed by atoms with van der Waals surface area (Å²) >= 11 is 12.3. The SMILES string of the molecule is COc1ccc(OC)c(S(=O)(=O)N2c3cccc(=O)n3C(c3ccc(Cl)cc3)C2c2ccc(Cl)cc2)c1. The van der Waals surface area contributed by atoms with Gasteiger partial charge in [0.1, 0.15) is 22.2 Å². The molecule has 0 saturated heterocycles. The number of sulfonamides is 1. The number of hydrogen-bond donors (Lipinski definition) is 0. The fraction of sp³-hybridized carbons (Fsp3) is 0.148. The van der Waals surface area contributed by atoms with Crippen molar-refractivity contribution in [1.82, 2.24) is 4.57 Å². The van der Waals surface area contributed by atoms with Crippen molar-refractivity contribution < 1.29 is 17.9 Å². The molecule has 5 rings (SSSR count). The Morgan fingerprint density at radius 1 is 0.757 bits per heavy atom. The quantitative estimate of drug-likeness (QED) is 0.304. The zero-order chi connectivity index (χ0) is 26.3. The van der Waals surface area contributed by atoms with Gasteiger partial charge >= 0.3 is 0 Å². The lowest BCUT2D eigenvalue weighted by atomic mass is 9.94. The molecule has 1 aliphatic rings. The summed E-state index contributed by atoms with van der Waals surface area (Å²) in [6.45, 7) is 0. The molecule has 37 heavy (non-hydrogen) atoms. The average Bonchev–Trinajstić information content (AvgIpc) is 3.26. The van der Waals surface area contributed by atoms with E-state index < -0.39 is 22.1 Å². The molecule has 190 valence electrons. The molecule has 1 aromatic heterocycles. The lowest BCUT2D eigenvalue weighted by Crippen LogP contribution is -2.34. The smallest absolute Gasteiger partial charge is 0.269 e. The van der Waals surface area contributed by atoms with E-state index in [-0.39, 0.29) is 22.0 Å². The number of nitrogens with zero attached hydrogens (tertiary/aromatic N) is 2. The molecule has 0 radical (unpaired) electrons. The number of pyridine rings is 1. The highest BCUT2D eigenvalue weighted by molar-refractivity contribution is 7.93. The maximum absolute atomic E-state index is 14.5. The highest BCUT2D eigenvalue weighted by Crippen LogP contribution is 2.50. The van der Waals surface area contributed by atoms with E-state index in [1.807, 2.05) is 0 Å². The van der Waals surface area contributed by atoms with E-state index >= 15 is 0 Å². The fourth-order valence-corrected chi connectivity index (χ4v) is 6.76. The van der Waals surface area contributed by atoms with E-state index in [1.54, 1.807) is 66.7 Å². The summed E-state index contributed by atoms with van der Waals surface area (Å²) in [7, 11) is -1.44. The summed E-state index contributed by atoms with van der Waals surface area (Å²) in [5, 5.41) is 1.03. The Labute approximate surface area is 224 Å². The second-order valence-electron chi connectivity index (χ2n) is 8.40. The standard InChI is InChI=1S/C27H22Cl2N2O5S/c1-35-21-14-15-22(36-2)23(16-21)37(33,34)31-24-4-3-5-25(32)30(24)26(17-6-10-19(28)11-7-17)27(31)18-8-12-20(29)13-9-18/h3-16,26-27H,1-2H3. The van der Waals surface area contributed by atoms with Gasteiger partial charge in [0.25, 0.3) is 15.6 Å². The molecule has 0 bridgehead atoms. The van der Waals surface area contributed by atoms with Crippen LogP contribution in [0.2, 0.25) is 10.0 Å². The van der Waals surface area contributed by atoms with Gasteiger partial charge in [-0.2, -0.15) is 0 Å². The Hall–Kier alpha value is -3.46. The second-order valence-corrected chi connectivity index (χ2v) is 11.1. The van der Waals surface area contributed by atoms with E-state index in [1.165, 1.54) is 41.3 Å². The van der Waals surface area contributed by atoms with Gasteiger partial charge in [-0.3, -0.25) is 9.36 Å². The summed E-state index contributed by atoms with van der Waals surface area (Å²) in [6, 6.07) is 21.5. The number of methoxy groups -OCH3 is 2. The summed E-state index contributed by atoms with van der Waals surface area (Å²) in [4.78, 5) is 13.2. The summed E-state index contributed by atoms with van der Waals surface area (Å²) in [5.41, 5.74) is 1.03. The van der Waals surface area contributed by atoms with Crippen LogP contribution in [0.3, 0.4) is 0 Å². The zero-order valence-electron chi connectivity index (χ0n) is 19.8. The molecular formula is C27H22Cl2N2O5S. The topological polar surface area (TPSA) is 77.8 Å². The number of fused-ring (bicyclic) bond motifs is 1. The van der Waals surface area contributed by atoms with Crippen molar-refractivity contribution in [3.63, 3.8) is 0 Å². The number of anilines is 1. The average molecular weight is 557 g/mol. The summed E-state index contributed by atoms with van der Waals surface area (Å²) < 4.78 is 42.4. The Kier molecular flexibility index (Phi) is 6.66. The predicted molar refractivity (Wildman–Crippen MR) is 144 cm³/mol. The van der Waals surface area contributed by atoms with Gasteiger partial charge in [-0.15, -0.1) is 0 Å². The van der Waals surface area contributed by atoms with Gasteiger partial charge in [0, 0.05) is 22.2 Å². The van der Waals surface area contributed by atoms with Crippen LogP contribution in [0.4, 0.5) is 5.82 Å². The third-order valence-electron chi connectivity index (χ3n) is 6.35. The maximum Gasteiger partial charge on any atom is 0.269 e. The molecule has 0 aliphatic carbocycles. The number of ether oxygens (including phenoxy) is 2. The van der Waals surface area contributed by atoms with Gasteiger partial charge < -0.3 is 9.47 Å². The van der Waals surface area contributed by atoms with E-state index in [2.05, 4.69) is 0 Å².